The van der Waals surface area contributed by atoms with Crippen molar-refractivity contribution in [1.29, 1.82) is 5.26 Å². The molecular weight excluding hydrogens is 390 g/mol. The molecule has 158 valence electrons. The van der Waals surface area contributed by atoms with Gasteiger partial charge in [0.15, 0.2) is 11.7 Å². The van der Waals surface area contributed by atoms with Gasteiger partial charge in [-0.3, -0.25) is 4.79 Å². The van der Waals surface area contributed by atoms with Gasteiger partial charge in [0.1, 0.15) is 5.69 Å². The van der Waals surface area contributed by atoms with Crippen molar-refractivity contribution >= 4 is 22.8 Å². The van der Waals surface area contributed by atoms with E-state index in [1.165, 1.54) is 0 Å². The number of hydrogen-bond donors (Lipinski definition) is 1. The van der Waals surface area contributed by atoms with E-state index < -0.39 is 5.92 Å². The fourth-order valence-electron chi connectivity index (χ4n) is 3.91. The van der Waals surface area contributed by atoms with Gasteiger partial charge < -0.3 is 15.0 Å². The van der Waals surface area contributed by atoms with E-state index >= 15 is 0 Å². The zero-order valence-electron chi connectivity index (χ0n) is 17.7. The number of hydrogen-bond acceptors (Lipinski definition) is 6. The molecule has 4 rings (SSSR count). The number of benzene rings is 2. The molecule has 0 spiro atoms. The Morgan fingerprint density at radius 3 is 2.35 bits per heavy atom. The van der Waals surface area contributed by atoms with Crippen LogP contribution in [0.15, 0.2) is 54.6 Å². The fraction of sp³-hybridized carbons (Fsp3) is 0.333. The van der Waals surface area contributed by atoms with Crippen LogP contribution in [0.4, 0.5) is 5.82 Å². The molecule has 1 fully saturated rings. The van der Waals surface area contributed by atoms with Gasteiger partial charge in [-0.2, -0.15) is 5.26 Å². The van der Waals surface area contributed by atoms with Crippen LogP contribution in [0.3, 0.4) is 0 Å². The van der Waals surface area contributed by atoms with Crippen LogP contribution in [0.1, 0.15) is 31.0 Å². The highest BCUT2D eigenvalue weighted by molar-refractivity contribution is 5.88. The number of anilines is 1. The van der Waals surface area contributed by atoms with E-state index in [0.29, 0.717) is 36.7 Å². The second kappa shape index (κ2) is 9.11. The quantitative estimate of drug-likeness (QED) is 0.688. The molecule has 1 saturated heterocycles. The summed E-state index contributed by atoms with van der Waals surface area (Å²) in [4.78, 5) is 24.6. The summed E-state index contributed by atoms with van der Waals surface area (Å²) in [6, 6.07) is 19.3. The number of morpholine rings is 1. The van der Waals surface area contributed by atoms with Gasteiger partial charge in [0, 0.05) is 19.6 Å². The maximum Gasteiger partial charge on any atom is 0.243 e. The summed E-state index contributed by atoms with van der Waals surface area (Å²) in [5.74, 6) is -0.877. The van der Waals surface area contributed by atoms with Gasteiger partial charge in [-0.25, -0.2) is 9.97 Å². The van der Waals surface area contributed by atoms with Gasteiger partial charge in [0.05, 0.1) is 29.3 Å². The average Bonchev–Trinajstić information content (AvgIpc) is 2.78. The van der Waals surface area contributed by atoms with Crippen molar-refractivity contribution in [3.8, 4) is 6.07 Å². The molecule has 3 aromatic rings. The number of para-hydroxylation sites is 2. The lowest BCUT2D eigenvalue weighted by molar-refractivity contribution is -0.121. The minimum absolute atomic E-state index is 0.0114. The number of amides is 1. The summed E-state index contributed by atoms with van der Waals surface area (Å²) >= 11 is 0. The standard InChI is InChI=1S/C24H25N5O2/c1-16-14-29(15-17(2)31-16)23-22(27-20-10-6-7-11-21(20)28-23)19(12-25)24(30)26-13-18-8-4-3-5-9-18/h3-11,16-17,19H,13-15H2,1-2H3,(H,26,30)/t16-,17-,19+/m0/s1. The predicted octanol–water partition coefficient (Wildman–Crippen LogP) is 3.17. The summed E-state index contributed by atoms with van der Waals surface area (Å²) in [5, 5.41) is 12.8. The minimum Gasteiger partial charge on any atom is -0.372 e. The molecule has 0 bridgehead atoms. The SMILES string of the molecule is C[C@H]1CN(c2nc3ccccc3nc2[C@@H](C#N)C(=O)NCc2ccccc2)C[C@H](C)O1. The van der Waals surface area contributed by atoms with Crippen LogP contribution in [0.2, 0.25) is 0 Å². The first-order valence-electron chi connectivity index (χ1n) is 10.4. The highest BCUT2D eigenvalue weighted by atomic mass is 16.5. The summed E-state index contributed by atoms with van der Waals surface area (Å²) in [6.07, 6.45) is 0.0228. The molecule has 1 aromatic heterocycles. The number of nitrogens with one attached hydrogen (secondary N) is 1. The van der Waals surface area contributed by atoms with Gasteiger partial charge in [-0.15, -0.1) is 0 Å². The predicted molar refractivity (Wildman–Crippen MR) is 118 cm³/mol. The molecule has 1 amide bonds. The molecule has 7 nitrogen and oxygen atoms in total. The number of ether oxygens (including phenoxy) is 1. The molecule has 7 heteroatoms. The van der Waals surface area contributed by atoms with E-state index in [2.05, 4.69) is 16.3 Å². The summed E-state index contributed by atoms with van der Waals surface area (Å²) in [6.45, 7) is 5.60. The second-order valence-corrected chi connectivity index (χ2v) is 7.85. The lowest BCUT2D eigenvalue weighted by Crippen LogP contribution is -2.46. The van der Waals surface area contributed by atoms with Crippen LogP contribution in [0, 0.1) is 11.3 Å². The molecule has 1 aliphatic heterocycles. The smallest absolute Gasteiger partial charge is 0.243 e. The first kappa shape index (κ1) is 20.8. The van der Waals surface area contributed by atoms with E-state index in [1.54, 1.807) is 0 Å². The van der Waals surface area contributed by atoms with Crippen LogP contribution in [0.5, 0.6) is 0 Å². The van der Waals surface area contributed by atoms with Crippen molar-refractivity contribution in [3.63, 3.8) is 0 Å². The van der Waals surface area contributed by atoms with Crippen LogP contribution >= 0.6 is 0 Å². The Balaban J connectivity index is 1.69. The molecule has 2 aromatic carbocycles. The zero-order chi connectivity index (χ0) is 21.8. The first-order valence-corrected chi connectivity index (χ1v) is 10.4. The van der Waals surface area contributed by atoms with Gasteiger partial charge in [0.2, 0.25) is 5.91 Å². The highest BCUT2D eigenvalue weighted by Crippen LogP contribution is 2.29. The molecule has 2 heterocycles. The Hall–Kier alpha value is -3.50. The third-order valence-corrected chi connectivity index (χ3v) is 5.27. The Labute approximate surface area is 181 Å². The van der Waals surface area contributed by atoms with E-state index in [-0.39, 0.29) is 18.1 Å². The Bertz CT molecular complexity index is 1100. The van der Waals surface area contributed by atoms with E-state index in [0.717, 1.165) is 11.1 Å². The van der Waals surface area contributed by atoms with Gasteiger partial charge in [-0.1, -0.05) is 42.5 Å². The van der Waals surface area contributed by atoms with Crippen molar-refractivity contribution in [2.24, 2.45) is 0 Å². The maximum atomic E-state index is 13.0. The van der Waals surface area contributed by atoms with Crippen LogP contribution in [0.25, 0.3) is 11.0 Å². The van der Waals surface area contributed by atoms with Crippen molar-refractivity contribution in [3.05, 3.63) is 65.9 Å². The molecule has 1 aliphatic rings. The Kier molecular flexibility index (Phi) is 6.10. The largest absolute Gasteiger partial charge is 0.372 e. The third-order valence-electron chi connectivity index (χ3n) is 5.27. The van der Waals surface area contributed by atoms with Crippen LogP contribution < -0.4 is 10.2 Å². The molecular formula is C24H25N5O2. The number of nitrogens with zero attached hydrogens (tertiary/aromatic N) is 4. The van der Waals surface area contributed by atoms with E-state index in [4.69, 9.17) is 14.7 Å². The lowest BCUT2D eigenvalue weighted by Gasteiger charge is -2.37. The number of aromatic nitrogens is 2. The maximum absolute atomic E-state index is 13.0. The molecule has 1 N–H and O–H groups in total. The topological polar surface area (TPSA) is 91.1 Å². The summed E-state index contributed by atoms with van der Waals surface area (Å²) < 4.78 is 5.85. The molecule has 0 aliphatic carbocycles. The van der Waals surface area contributed by atoms with Crippen molar-refractivity contribution < 1.29 is 9.53 Å². The van der Waals surface area contributed by atoms with Gasteiger partial charge in [-0.05, 0) is 31.5 Å². The van der Waals surface area contributed by atoms with Crippen LogP contribution in [-0.2, 0) is 16.1 Å². The first-order chi connectivity index (χ1) is 15.0. The number of fused-ring (bicyclic) bond motifs is 1. The number of nitriles is 1. The second-order valence-electron chi connectivity index (χ2n) is 7.85. The molecule has 31 heavy (non-hydrogen) atoms. The number of carbonyl (C=O) groups excluding carboxylic acids is 1. The van der Waals surface area contributed by atoms with Gasteiger partial charge in [0.25, 0.3) is 0 Å². The molecule has 3 atom stereocenters. The molecule has 0 saturated carbocycles. The lowest BCUT2D eigenvalue weighted by atomic mass is 10.0. The fourth-order valence-corrected chi connectivity index (χ4v) is 3.91. The van der Waals surface area contributed by atoms with Crippen LogP contribution in [-0.4, -0.2) is 41.2 Å². The number of rotatable bonds is 5. The van der Waals surface area contributed by atoms with Gasteiger partial charge >= 0.3 is 0 Å². The molecule has 0 unspecified atom stereocenters. The van der Waals surface area contributed by atoms with Crippen molar-refractivity contribution in [2.45, 2.75) is 38.5 Å². The minimum atomic E-state index is -1.07. The third kappa shape index (κ3) is 4.65. The van der Waals surface area contributed by atoms with Crippen molar-refractivity contribution in [2.75, 3.05) is 18.0 Å². The highest BCUT2D eigenvalue weighted by Gasteiger charge is 2.31. The van der Waals surface area contributed by atoms with Crippen molar-refractivity contribution in [1.82, 2.24) is 15.3 Å². The van der Waals surface area contributed by atoms with E-state index in [9.17, 15) is 10.1 Å². The monoisotopic (exact) mass is 415 g/mol. The molecule has 0 radical (unpaired) electrons. The Morgan fingerprint density at radius 2 is 1.71 bits per heavy atom. The van der Waals surface area contributed by atoms with E-state index in [1.807, 2.05) is 68.4 Å². The Morgan fingerprint density at radius 1 is 1.10 bits per heavy atom. The normalized spacial score (nSPS) is 19.6. The average molecular weight is 415 g/mol. The summed E-state index contributed by atoms with van der Waals surface area (Å²) in [7, 11) is 0. The summed E-state index contributed by atoms with van der Waals surface area (Å²) in [5.41, 5.74) is 2.74. The number of carbonyl (C=O) groups is 1. The zero-order valence-corrected chi connectivity index (χ0v) is 17.7.